The van der Waals surface area contributed by atoms with Gasteiger partial charge in [0, 0.05) is 18.0 Å². The second-order valence-corrected chi connectivity index (χ2v) is 5.49. The van der Waals surface area contributed by atoms with Crippen LogP contribution >= 0.6 is 0 Å². The Balaban J connectivity index is 2.21. The first-order valence-corrected chi connectivity index (χ1v) is 7.04. The highest BCUT2D eigenvalue weighted by Crippen LogP contribution is 2.15. The van der Waals surface area contributed by atoms with Crippen molar-refractivity contribution in [2.75, 3.05) is 0 Å². The van der Waals surface area contributed by atoms with E-state index in [1.165, 1.54) is 0 Å². The SMILES string of the molecule is Cc1cc(C(=O)N[C@@H](C(=O)O)C(C)C)ccc1-n1cccn1. The van der Waals surface area contributed by atoms with Gasteiger partial charge in [0.2, 0.25) is 0 Å². The summed E-state index contributed by atoms with van der Waals surface area (Å²) in [6.07, 6.45) is 3.50. The van der Waals surface area contributed by atoms with E-state index in [9.17, 15) is 9.59 Å². The maximum absolute atomic E-state index is 12.2. The lowest BCUT2D eigenvalue weighted by molar-refractivity contribution is -0.140. The van der Waals surface area contributed by atoms with Gasteiger partial charge in [0.05, 0.1) is 5.69 Å². The largest absolute Gasteiger partial charge is 0.480 e. The van der Waals surface area contributed by atoms with Crippen LogP contribution in [0.4, 0.5) is 0 Å². The molecule has 1 atom stereocenters. The smallest absolute Gasteiger partial charge is 0.326 e. The summed E-state index contributed by atoms with van der Waals surface area (Å²) in [6, 6.07) is 6.10. The average molecular weight is 301 g/mol. The van der Waals surface area contributed by atoms with Crippen LogP contribution in [0.25, 0.3) is 5.69 Å². The van der Waals surface area contributed by atoms with E-state index in [0.717, 1.165) is 11.3 Å². The highest BCUT2D eigenvalue weighted by Gasteiger charge is 2.24. The van der Waals surface area contributed by atoms with E-state index in [0.29, 0.717) is 5.56 Å². The molecule has 116 valence electrons. The van der Waals surface area contributed by atoms with Crippen LogP contribution in [-0.4, -0.2) is 32.8 Å². The Bertz CT molecular complexity index is 678. The Morgan fingerprint density at radius 3 is 2.55 bits per heavy atom. The maximum Gasteiger partial charge on any atom is 0.326 e. The summed E-state index contributed by atoms with van der Waals surface area (Å²) in [4.78, 5) is 23.4. The van der Waals surface area contributed by atoms with Crippen molar-refractivity contribution in [3.8, 4) is 5.69 Å². The average Bonchev–Trinajstić information content (AvgIpc) is 2.97. The zero-order valence-corrected chi connectivity index (χ0v) is 12.8. The summed E-state index contributed by atoms with van der Waals surface area (Å²) in [5.41, 5.74) is 2.19. The number of hydrogen-bond acceptors (Lipinski definition) is 3. The molecule has 1 aromatic carbocycles. The molecule has 0 unspecified atom stereocenters. The number of carboxylic acids is 1. The van der Waals surface area contributed by atoms with Gasteiger partial charge in [-0.2, -0.15) is 5.10 Å². The molecule has 0 aliphatic carbocycles. The summed E-state index contributed by atoms with van der Waals surface area (Å²) >= 11 is 0. The molecule has 0 bridgehead atoms. The molecule has 0 saturated carbocycles. The molecular formula is C16H19N3O3. The van der Waals surface area contributed by atoms with Gasteiger partial charge >= 0.3 is 5.97 Å². The van der Waals surface area contributed by atoms with Crippen LogP contribution in [0.15, 0.2) is 36.7 Å². The molecule has 1 heterocycles. The maximum atomic E-state index is 12.2. The van der Waals surface area contributed by atoms with Crippen LogP contribution in [0, 0.1) is 12.8 Å². The predicted octanol–water partition coefficient (Wildman–Crippen LogP) is 2.02. The lowest BCUT2D eigenvalue weighted by Crippen LogP contribution is -2.44. The molecule has 0 saturated heterocycles. The van der Waals surface area contributed by atoms with Crippen LogP contribution in [0.5, 0.6) is 0 Å². The highest BCUT2D eigenvalue weighted by molar-refractivity contribution is 5.97. The standard InChI is InChI=1S/C16H19N3O3/c1-10(2)14(16(21)22)18-15(20)12-5-6-13(11(3)9-12)19-8-4-7-17-19/h4-10,14H,1-3H3,(H,18,20)(H,21,22)/t14-/m1/s1. The Kier molecular flexibility index (Phi) is 4.60. The minimum absolute atomic E-state index is 0.189. The molecule has 22 heavy (non-hydrogen) atoms. The van der Waals surface area contributed by atoms with E-state index in [4.69, 9.17) is 5.11 Å². The Morgan fingerprint density at radius 1 is 1.32 bits per heavy atom. The summed E-state index contributed by atoms with van der Waals surface area (Å²) in [5, 5.41) is 15.8. The first-order chi connectivity index (χ1) is 10.4. The zero-order valence-electron chi connectivity index (χ0n) is 12.8. The number of aromatic nitrogens is 2. The molecule has 1 aromatic heterocycles. The van der Waals surface area contributed by atoms with Gasteiger partial charge in [-0.15, -0.1) is 0 Å². The van der Waals surface area contributed by atoms with Gasteiger partial charge in [-0.25, -0.2) is 9.48 Å². The molecule has 6 nitrogen and oxygen atoms in total. The third kappa shape index (κ3) is 3.33. The summed E-state index contributed by atoms with van der Waals surface area (Å²) in [5.74, 6) is -1.62. The van der Waals surface area contributed by atoms with Gasteiger partial charge in [-0.1, -0.05) is 13.8 Å². The molecule has 0 radical (unpaired) electrons. The number of nitrogens with zero attached hydrogens (tertiary/aromatic N) is 2. The van der Waals surface area contributed by atoms with Crippen molar-refractivity contribution in [2.24, 2.45) is 5.92 Å². The van der Waals surface area contributed by atoms with Crippen LogP contribution in [0.3, 0.4) is 0 Å². The van der Waals surface area contributed by atoms with Gasteiger partial charge in [-0.3, -0.25) is 4.79 Å². The van der Waals surface area contributed by atoms with Gasteiger partial charge in [-0.05, 0) is 42.7 Å². The van der Waals surface area contributed by atoms with Gasteiger partial charge in [0.25, 0.3) is 5.91 Å². The molecular weight excluding hydrogens is 282 g/mol. The second-order valence-electron chi connectivity index (χ2n) is 5.49. The zero-order chi connectivity index (χ0) is 16.3. The second kappa shape index (κ2) is 6.43. The number of aliphatic carboxylic acids is 1. The Morgan fingerprint density at radius 2 is 2.05 bits per heavy atom. The monoisotopic (exact) mass is 301 g/mol. The van der Waals surface area contributed by atoms with E-state index in [-0.39, 0.29) is 5.92 Å². The third-order valence-corrected chi connectivity index (χ3v) is 3.43. The number of aryl methyl sites for hydroxylation is 1. The number of carboxylic acid groups (broad SMARTS) is 1. The number of rotatable bonds is 5. The van der Waals surface area contributed by atoms with Crippen molar-refractivity contribution < 1.29 is 14.7 Å². The summed E-state index contributed by atoms with van der Waals surface area (Å²) < 4.78 is 1.71. The first kappa shape index (κ1) is 15.8. The van der Waals surface area contributed by atoms with E-state index in [2.05, 4.69) is 10.4 Å². The number of benzene rings is 1. The molecule has 0 spiro atoms. The van der Waals surface area contributed by atoms with Crippen LogP contribution < -0.4 is 5.32 Å². The fourth-order valence-electron chi connectivity index (χ4n) is 2.20. The molecule has 0 aliphatic rings. The molecule has 6 heteroatoms. The molecule has 0 aliphatic heterocycles. The number of nitrogens with one attached hydrogen (secondary N) is 1. The fraction of sp³-hybridized carbons (Fsp3) is 0.312. The van der Waals surface area contributed by atoms with Crippen molar-refractivity contribution in [1.29, 1.82) is 0 Å². The van der Waals surface area contributed by atoms with Crippen molar-refractivity contribution in [1.82, 2.24) is 15.1 Å². The summed E-state index contributed by atoms with van der Waals surface area (Å²) in [6.45, 7) is 5.39. The molecule has 0 fully saturated rings. The Labute approximate surface area is 128 Å². The lowest BCUT2D eigenvalue weighted by Gasteiger charge is -2.18. The minimum atomic E-state index is -1.03. The predicted molar refractivity (Wildman–Crippen MR) is 82.0 cm³/mol. The van der Waals surface area contributed by atoms with Crippen molar-refractivity contribution >= 4 is 11.9 Å². The van der Waals surface area contributed by atoms with Crippen molar-refractivity contribution in [3.63, 3.8) is 0 Å². The molecule has 1 amide bonds. The number of hydrogen-bond donors (Lipinski definition) is 2. The van der Waals surface area contributed by atoms with Gasteiger partial charge in [0.1, 0.15) is 6.04 Å². The quantitative estimate of drug-likeness (QED) is 0.885. The third-order valence-electron chi connectivity index (χ3n) is 3.43. The fourth-order valence-corrected chi connectivity index (χ4v) is 2.20. The van der Waals surface area contributed by atoms with Crippen LogP contribution in [0.1, 0.15) is 29.8 Å². The van der Waals surface area contributed by atoms with Crippen LogP contribution in [0.2, 0.25) is 0 Å². The van der Waals surface area contributed by atoms with E-state index in [1.54, 1.807) is 42.9 Å². The lowest BCUT2D eigenvalue weighted by atomic mass is 10.0. The minimum Gasteiger partial charge on any atom is -0.480 e. The Hall–Kier alpha value is -2.63. The molecule has 2 rings (SSSR count). The number of amides is 1. The normalized spacial score (nSPS) is 12.2. The van der Waals surface area contributed by atoms with Gasteiger partial charge in [0.15, 0.2) is 0 Å². The van der Waals surface area contributed by atoms with Crippen molar-refractivity contribution in [2.45, 2.75) is 26.8 Å². The molecule has 2 aromatic rings. The highest BCUT2D eigenvalue weighted by atomic mass is 16.4. The number of carbonyl (C=O) groups is 2. The van der Waals surface area contributed by atoms with Crippen molar-refractivity contribution in [3.05, 3.63) is 47.8 Å². The van der Waals surface area contributed by atoms with Crippen LogP contribution in [-0.2, 0) is 4.79 Å². The number of carbonyl (C=O) groups excluding carboxylic acids is 1. The van der Waals surface area contributed by atoms with E-state index >= 15 is 0 Å². The first-order valence-electron chi connectivity index (χ1n) is 7.04. The van der Waals surface area contributed by atoms with E-state index < -0.39 is 17.9 Å². The summed E-state index contributed by atoms with van der Waals surface area (Å²) in [7, 11) is 0. The van der Waals surface area contributed by atoms with E-state index in [1.807, 2.05) is 19.2 Å². The van der Waals surface area contributed by atoms with Gasteiger partial charge < -0.3 is 10.4 Å². The topological polar surface area (TPSA) is 84.2 Å². The molecule has 2 N–H and O–H groups in total.